The molecule has 4 fully saturated rings. The monoisotopic (exact) mass is 382 g/mol. The normalized spacial score (nSPS) is 35.2. The number of carbonyl (C=O) groups excluding carboxylic acids is 1. The highest BCUT2D eigenvalue weighted by Gasteiger charge is 2.63. The average Bonchev–Trinajstić information content (AvgIpc) is 3.41. The highest BCUT2D eigenvalue weighted by Crippen LogP contribution is 2.55. The molecule has 1 aliphatic carbocycles. The van der Waals surface area contributed by atoms with E-state index in [0.29, 0.717) is 24.4 Å². The highest BCUT2D eigenvalue weighted by molar-refractivity contribution is 5.76. The van der Waals surface area contributed by atoms with Gasteiger partial charge in [-0.05, 0) is 37.7 Å². The van der Waals surface area contributed by atoms with Crippen molar-refractivity contribution in [1.82, 2.24) is 10.2 Å². The molecule has 1 spiro atoms. The predicted octanol–water partition coefficient (Wildman–Crippen LogP) is 3.55. The fourth-order valence-electron chi connectivity index (χ4n) is 6.45. The Labute approximate surface area is 169 Å². The Morgan fingerprint density at radius 1 is 1.14 bits per heavy atom. The number of fused-ring (bicyclic) bond motifs is 1. The summed E-state index contributed by atoms with van der Waals surface area (Å²) in [5, 5.41) is 3.25. The highest BCUT2D eigenvalue weighted by atomic mass is 16.5. The lowest BCUT2D eigenvalue weighted by Gasteiger charge is -2.32. The molecular weight excluding hydrogens is 348 g/mol. The van der Waals surface area contributed by atoms with Crippen molar-refractivity contribution in [2.45, 2.75) is 75.5 Å². The van der Waals surface area contributed by atoms with Gasteiger partial charge >= 0.3 is 0 Å². The van der Waals surface area contributed by atoms with E-state index >= 15 is 0 Å². The van der Waals surface area contributed by atoms with Crippen molar-refractivity contribution in [1.29, 1.82) is 0 Å². The molecule has 0 aromatic heterocycles. The maximum absolute atomic E-state index is 12.4. The number of carbonyl (C=O) groups is 1. The molecule has 1 aromatic rings. The fourth-order valence-corrected chi connectivity index (χ4v) is 6.45. The van der Waals surface area contributed by atoms with Gasteiger partial charge < -0.3 is 10.1 Å². The molecule has 1 amide bonds. The van der Waals surface area contributed by atoms with Crippen LogP contribution in [0.25, 0.3) is 0 Å². The number of likely N-dealkylation sites (tertiary alicyclic amines) is 1. The second kappa shape index (κ2) is 7.79. The Bertz CT molecular complexity index is 687. The van der Waals surface area contributed by atoms with Crippen molar-refractivity contribution >= 4 is 5.91 Å². The summed E-state index contributed by atoms with van der Waals surface area (Å²) in [5.74, 6) is 1.30. The van der Waals surface area contributed by atoms with Crippen LogP contribution in [0.2, 0.25) is 0 Å². The first-order valence-corrected chi connectivity index (χ1v) is 11.5. The fraction of sp³-hybridized carbons (Fsp3) is 0.708. The SMILES string of the molecule is O=C(CCc1ccccc1)NC[C@H]1[C@H]2CN(C3CCCCC3)C[C@]23CC[C@H]1O3. The Balaban J connectivity index is 1.15. The van der Waals surface area contributed by atoms with Gasteiger partial charge in [0.2, 0.25) is 5.91 Å². The standard InChI is InChI=1S/C24H34N2O2/c27-23(12-11-18-7-3-1-4-8-18)25-15-20-21-16-26(19-9-5-2-6-10-19)17-24(21)14-13-22(20)28-24/h1,3-4,7-8,19-22H,2,5-6,9-17H2,(H,25,27)/t20-,21+,22+,24+/m0/s1. The zero-order valence-electron chi connectivity index (χ0n) is 16.9. The second-order valence-corrected chi connectivity index (χ2v) is 9.54. The molecule has 4 heteroatoms. The van der Waals surface area contributed by atoms with Gasteiger partial charge in [0.05, 0.1) is 11.7 Å². The number of benzene rings is 1. The van der Waals surface area contributed by atoms with E-state index in [0.717, 1.165) is 25.6 Å². The van der Waals surface area contributed by atoms with Crippen LogP contribution >= 0.6 is 0 Å². The van der Waals surface area contributed by atoms with E-state index in [1.54, 1.807) is 0 Å². The van der Waals surface area contributed by atoms with Crippen molar-refractivity contribution in [2.75, 3.05) is 19.6 Å². The van der Waals surface area contributed by atoms with Gasteiger partial charge in [-0.3, -0.25) is 9.69 Å². The van der Waals surface area contributed by atoms with Gasteiger partial charge in [-0.1, -0.05) is 49.6 Å². The molecule has 4 atom stereocenters. The van der Waals surface area contributed by atoms with E-state index in [4.69, 9.17) is 4.74 Å². The minimum Gasteiger partial charge on any atom is -0.370 e. The maximum Gasteiger partial charge on any atom is 0.220 e. The summed E-state index contributed by atoms with van der Waals surface area (Å²) in [4.78, 5) is 15.2. The van der Waals surface area contributed by atoms with Crippen LogP contribution in [0.15, 0.2) is 30.3 Å². The molecule has 3 aliphatic heterocycles. The average molecular weight is 383 g/mol. The molecular formula is C24H34N2O2. The largest absolute Gasteiger partial charge is 0.370 e. The number of ether oxygens (including phenoxy) is 1. The van der Waals surface area contributed by atoms with Crippen LogP contribution < -0.4 is 5.32 Å². The Morgan fingerprint density at radius 3 is 2.79 bits per heavy atom. The van der Waals surface area contributed by atoms with Gasteiger partial charge in [-0.2, -0.15) is 0 Å². The van der Waals surface area contributed by atoms with Gasteiger partial charge in [0.1, 0.15) is 0 Å². The summed E-state index contributed by atoms with van der Waals surface area (Å²) in [7, 11) is 0. The van der Waals surface area contributed by atoms with Crippen LogP contribution in [-0.4, -0.2) is 48.2 Å². The van der Waals surface area contributed by atoms with E-state index in [9.17, 15) is 4.79 Å². The van der Waals surface area contributed by atoms with E-state index in [1.807, 2.05) is 18.2 Å². The molecule has 5 rings (SSSR count). The first-order valence-electron chi connectivity index (χ1n) is 11.5. The summed E-state index contributed by atoms with van der Waals surface area (Å²) < 4.78 is 6.59. The topological polar surface area (TPSA) is 41.6 Å². The summed E-state index contributed by atoms with van der Waals surface area (Å²) in [6, 6.07) is 11.1. The smallest absolute Gasteiger partial charge is 0.220 e. The minimum absolute atomic E-state index is 0.0988. The molecule has 3 heterocycles. The Kier molecular flexibility index (Phi) is 5.18. The quantitative estimate of drug-likeness (QED) is 0.818. The van der Waals surface area contributed by atoms with Crippen molar-refractivity contribution in [3.05, 3.63) is 35.9 Å². The van der Waals surface area contributed by atoms with E-state index in [-0.39, 0.29) is 11.5 Å². The summed E-state index contributed by atoms with van der Waals surface area (Å²) in [5.41, 5.74) is 1.33. The van der Waals surface area contributed by atoms with Crippen molar-refractivity contribution < 1.29 is 9.53 Å². The van der Waals surface area contributed by atoms with Crippen LogP contribution in [0.4, 0.5) is 0 Å². The van der Waals surface area contributed by atoms with Crippen molar-refractivity contribution in [3.8, 4) is 0 Å². The summed E-state index contributed by atoms with van der Waals surface area (Å²) in [6.07, 6.45) is 11.1. The molecule has 152 valence electrons. The van der Waals surface area contributed by atoms with Gasteiger partial charge in [-0.15, -0.1) is 0 Å². The summed E-state index contributed by atoms with van der Waals surface area (Å²) in [6.45, 7) is 3.12. The number of hydrogen-bond donors (Lipinski definition) is 1. The molecule has 4 nitrogen and oxygen atoms in total. The van der Waals surface area contributed by atoms with E-state index in [2.05, 4.69) is 22.3 Å². The number of hydrogen-bond acceptors (Lipinski definition) is 3. The molecule has 0 unspecified atom stereocenters. The molecule has 28 heavy (non-hydrogen) atoms. The number of rotatable bonds is 6. The van der Waals surface area contributed by atoms with E-state index < -0.39 is 0 Å². The second-order valence-electron chi connectivity index (χ2n) is 9.54. The molecule has 4 aliphatic rings. The third-order valence-corrected chi connectivity index (χ3v) is 7.92. The van der Waals surface area contributed by atoms with Gasteiger partial charge in [0.15, 0.2) is 0 Å². The molecule has 2 bridgehead atoms. The lowest BCUT2D eigenvalue weighted by molar-refractivity contribution is -0.121. The first-order chi connectivity index (χ1) is 13.7. The first kappa shape index (κ1) is 18.6. The number of amides is 1. The van der Waals surface area contributed by atoms with Crippen molar-refractivity contribution in [3.63, 3.8) is 0 Å². The van der Waals surface area contributed by atoms with Crippen LogP contribution in [0.1, 0.15) is 56.9 Å². The molecule has 1 aromatic carbocycles. The Hall–Kier alpha value is -1.39. The molecule has 1 saturated carbocycles. The molecule has 1 N–H and O–H groups in total. The van der Waals surface area contributed by atoms with Crippen LogP contribution in [0.3, 0.4) is 0 Å². The third-order valence-electron chi connectivity index (χ3n) is 7.92. The minimum atomic E-state index is 0.0988. The number of aryl methyl sites for hydroxylation is 1. The zero-order valence-corrected chi connectivity index (χ0v) is 16.9. The van der Waals surface area contributed by atoms with Gasteiger partial charge in [0, 0.05) is 43.9 Å². The summed E-state index contributed by atoms with van der Waals surface area (Å²) >= 11 is 0. The maximum atomic E-state index is 12.4. The van der Waals surface area contributed by atoms with Crippen LogP contribution in [0.5, 0.6) is 0 Å². The van der Waals surface area contributed by atoms with Crippen LogP contribution in [-0.2, 0) is 16.0 Å². The number of nitrogens with one attached hydrogen (secondary N) is 1. The van der Waals surface area contributed by atoms with Gasteiger partial charge in [0.25, 0.3) is 0 Å². The van der Waals surface area contributed by atoms with E-state index in [1.165, 1.54) is 57.1 Å². The lowest BCUT2D eigenvalue weighted by Crippen LogP contribution is -2.41. The van der Waals surface area contributed by atoms with Crippen LogP contribution in [0, 0.1) is 11.8 Å². The zero-order chi connectivity index (χ0) is 19.0. The third kappa shape index (κ3) is 3.50. The molecule has 3 saturated heterocycles. The number of nitrogens with zero attached hydrogens (tertiary/aromatic N) is 1. The predicted molar refractivity (Wildman–Crippen MR) is 110 cm³/mol. The van der Waals surface area contributed by atoms with Gasteiger partial charge in [-0.25, -0.2) is 0 Å². The van der Waals surface area contributed by atoms with Crippen molar-refractivity contribution in [2.24, 2.45) is 11.8 Å². The Morgan fingerprint density at radius 2 is 1.96 bits per heavy atom. The lowest BCUT2D eigenvalue weighted by atomic mass is 9.73. The molecule has 0 radical (unpaired) electrons.